The van der Waals surface area contributed by atoms with Crippen LogP contribution in [0.5, 0.6) is 0 Å². The molecule has 560 valence electrons. The van der Waals surface area contributed by atoms with E-state index in [0.717, 1.165) is 127 Å². The average Bonchev–Trinajstić information content (AvgIpc) is 1.36. The van der Waals surface area contributed by atoms with Crippen LogP contribution in [0.1, 0.15) is 369 Å². The van der Waals surface area contributed by atoms with Gasteiger partial charge in [-0.1, -0.05) is 316 Å². The van der Waals surface area contributed by atoms with Gasteiger partial charge in [-0.3, -0.25) is 37.3 Å². The van der Waals surface area contributed by atoms with E-state index in [9.17, 15) is 43.2 Å². The Morgan fingerprint density at radius 1 is 0.347 bits per heavy atom. The van der Waals surface area contributed by atoms with Crippen molar-refractivity contribution in [2.75, 3.05) is 39.6 Å². The lowest BCUT2D eigenvalue weighted by Gasteiger charge is -2.21. The molecule has 0 radical (unpaired) electrons. The van der Waals surface area contributed by atoms with Gasteiger partial charge in [-0.25, -0.2) is 9.13 Å². The summed E-state index contributed by atoms with van der Waals surface area (Å²) in [6, 6.07) is 0. The molecule has 17 nitrogen and oxygen atoms in total. The van der Waals surface area contributed by atoms with Crippen LogP contribution in [0.4, 0.5) is 0 Å². The molecule has 95 heavy (non-hydrogen) atoms. The Hall–Kier alpha value is -2.46. The first kappa shape index (κ1) is 92.5. The predicted octanol–water partition coefficient (Wildman–Crippen LogP) is 21.9. The molecule has 6 atom stereocenters. The molecule has 0 spiro atoms. The van der Waals surface area contributed by atoms with Gasteiger partial charge in [-0.2, -0.15) is 0 Å². The number of unbranched alkanes of at least 4 members (excludes halogenated alkanes) is 39. The van der Waals surface area contributed by atoms with E-state index in [1.807, 2.05) is 0 Å². The van der Waals surface area contributed by atoms with Crippen molar-refractivity contribution in [1.82, 2.24) is 0 Å². The lowest BCUT2D eigenvalue weighted by atomic mass is 10.00. The summed E-state index contributed by atoms with van der Waals surface area (Å²) in [5.74, 6) is -0.632. The molecule has 3 N–H and O–H groups in total. The first-order valence-corrected chi connectivity index (χ1v) is 41.8. The summed E-state index contributed by atoms with van der Waals surface area (Å²) < 4.78 is 68.5. The van der Waals surface area contributed by atoms with Gasteiger partial charge in [-0.05, 0) is 63.2 Å². The number of phosphoric ester groups is 2. The molecule has 3 unspecified atom stereocenters. The van der Waals surface area contributed by atoms with Crippen molar-refractivity contribution in [3.63, 3.8) is 0 Å². The molecule has 0 aliphatic carbocycles. The fourth-order valence-corrected chi connectivity index (χ4v) is 12.7. The van der Waals surface area contributed by atoms with Crippen LogP contribution in [-0.4, -0.2) is 96.7 Å². The molecule has 0 aliphatic heterocycles. The van der Waals surface area contributed by atoms with Gasteiger partial charge < -0.3 is 33.8 Å². The van der Waals surface area contributed by atoms with Crippen LogP contribution in [0.25, 0.3) is 0 Å². The second kappa shape index (κ2) is 67.4. The number of ether oxygens (including phenoxy) is 4. The molecular weight excluding hydrogens is 1250 g/mol. The molecule has 19 heteroatoms. The van der Waals surface area contributed by atoms with Crippen molar-refractivity contribution >= 4 is 39.5 Å². The van der Waals surface area contributed by atoms with Gasteiger partial charge in [0, 0.05) is 25.7 Å². The largest absolute Gasteiger partial charge is 0.472 e. The Balaban J connectivity index is 5.29. The van der Waals surface area contributed by atoms with Crippen LogP contribution in [-0.2, 0) is 65.4 Å². The fourth-order valence-electron chi connectivity index (χ4n) is 11.1. The average molecular weight is 1390 g/mol. The van der Waals surface area contributed by atoms with Crippen LogP contribution in [0.2, 0.25) is 0 Å². The maximum atomic E-state index is 13.1. The van der Waals surface area contributed by atoms with Gasteiger partial charge in [0.25, 0.3) is 0 Å². The Kier molecular flexibility index (Phi) is 65.6. The first-order chi connectivity index (χ1) is 45.9. The van der Waals surface area contributed by atoms with E-state index in [0.29, 0.717) is 25.7 Å². The summed E-state index contributed by atoms with van der Waals surface area (Å²) in [7, 11) is -9.92. The summed E-state index contributed by atoms with van der Waals surface area (Å²) in [6.07, 6.45) is 57.6. The second-order valence-electron chi connectivity index (χ2n) is 27.4. The summed E-state index contributed by atoms with van der Waals surface area (Å²) >= 11 is 0. The number of phosphoric acid groups is 2. The molecule has 0 amide bonds. The van der Waals surface area contributed by atoms with Crippen molar-refractivity contribution in [2.24, 2.45) is 11.8 Å². The third kappa shape index (κ3) is 68.5. The van der Waals surface area contributed by atoms with Crippen LogP contribution in [0.3, 0.4) is 0 Å². The smallest absolute Gasteiger partial charge is 0.462 e. The highest BCUT2D eigenvalue weighted by Crippen LogP contribution is 2.45. The van der Waals surface area contributed by atoms with Crippen LogP contribution in [0, 0.1) is 11.8 Å². The van der Waals surface area contributed by atoms with Gasteiger partial charge in [-0.15, -0.1) is 0 Å². The van der Waals surface area contributed by atoms with Gasteiger partial charge in [0.2, 0.25) is 0 Å². The summed E-state index contributed by atoms with van der Waals surface area (Å²) in [6.45, 7) is 9.51. The maximum absolute atomic E-state index is 13.1. The lowest BCUT2D eigenvalue weighted by molar-refractivity contribution is -0.161. The van der Waals surface area contributed by atoms with Crippen LogP contribution >= 0.6 is 15.6 Å². The van der Waals surface area contributed by atoms with Gasteiger partial charge in [0.15, 0.2) is 12.2 Å². The standard InChI is InChI=1S/C76H144O17P2/c1-7-10-12-14-16-18-20-22-24-28-31-35-39-46-52-58-73(78)86-64-71(92-75(80)61-55-49-41-37-33-29-25-26-30-34-38-44-50-56-68(4)5)66-90-94(82,83)88-62-70(77)63-89-95(84,85)91-67-72(65-87-74(79)59-53-47-43-42-45-51-57-69(6)9-3)93-76(81)60-54-48-40-36-32-27-23-21-19-17-15-13-11-8-2/h18,20,22,24,68-72,77H,7-17,19,21,23,25-67H2,1-6H3,(H,82,83)(H,84,85)/b20-18-,24-22-/t69?,70-,71-,72-/m1/s1. The molecule has 0 heterocycles. The number of esters is 4. The van der Waals surface area contributed by atoms with Crippen molar-refractivity contribution < 1.29 is 80.2 Å². The Morgan fingerprint density at radius 3 is 0.947 bits per heavy atom. The van der Waals surface area contributed by atoms with E-state index in [-0.39, 0.29) is 25.7 Å². The summed E-state index contributed by atoms with van der Waals surface area (Å²) in [5, 5.41) is 10.6. The minimum atomic E-state index is -4.96. The molecule has 0 aliphatic rings. The fraction of sp³-hybridized carbons (Fsp3) is 0.895. The summed E-state index contributed by atoms with van der Waals surface area (Å²) in [4.78, 5) is 72.8. The molecule has 0 aromatic carbocycles. The van der Waals surface area contributed by atoms with Crippen LogP contribution in [0.15, 0.2) is 24.3 Å². The topological polar surface area (TPSA) is 237 Å². The molecule has 0 saturated carbocycles. The van der Waals surface area contributed by atoms with E-state index < -0.39 is 97.5 Å². The van der Waals surface area contributed by atoms with Gasteiger partial charge in [0.1, 0.15) is 19.3 Å². The zero-order chi connectivity index (χ0) is 70.0. The number of rotatable bonds is 73. The highest BCUT2D eigenvalue weighted by Gasteiger charge is 2.30. The van der Waals surface area contributed by atoms with E-state index in [4.69, 9.17) is 37.0 Å². The van der Waals surface area contributed by atoms with Crippen LogP contribution < -0.4 is 0 Å². The minimum absolute atomic E-state index is 0.100. The number of allylic oxidation sites excluding steroid dienone is 4. The normalized spacial score (nSPS) is 14.5. The Morgan fingerprint density at radius 2 is 0.621 bits per heavy atom. The molecule has 0 aromatic heterocycles. The molecule has 0 saturated heterocycles. The molecule has 0 fully saturated rings. The quantitative estimate of drug-likeness (QED) is 0.0169. The Bertz CT molecular complexity index is 1930. The summed E-state index contributed by atoms with van der Waals surface area (Å²) in [5.41, 5.74) is 0. The number of carbonyl (C=O) groups excluding carboxylic acids is 4. The lowest BCUT2D eigenvalue weighted by Crippen LogP contribution is -2.30. The van der Waals surface area contributed by atoms with Crippen molar-refractivity contribution in [2.45, 2.75) is 387 Å². The Labute approximate surface area is 580 Å². The van der Waals surface area contributed by atoms with E-state index in [2.05, 4.69) is 65.8 Å². The van der Waals surface area contributed by atoms with E-state index in [1.165, 1.54) is 161 Å². The molecular formula is C76H144O17P2. The number of hydrogen-bond acceptors (Lipinski definition) is 15. The van der Waals surface area contributed by atoms with Gasteiger partial charge >= 0.3 is 39.5 Å². The number of aliphatic hydroxyl groups is 1. The monoisotopic (exact) mass is 1390 g/mol. The number of hydrogen-bond donors (Lipinski definition) is 3. The highest BCUT2D eigenvalue weighted by molar-refractivity contribution is 7.47. The second-order valence-corrected chi connectivity index (χ2v) is 30.3. The maximum Gasteiger partial charge on any atom is 0.472 e. The van der Waals surface area contributed by atoms with Crippen molar-refractivity contribution in [1.29, 1.82) is 0 Å². The predicted molar refractivity (Wildman–Crippen MR) is 386 cm³/mol. The van der Waals surface area contributed by atoms with Crippen molar-refractivity contribution in [3.8, 4) is 0 Å². The number of carbonyl (C=O) groups is 4. The molecule has 0 aromatic rings. The SMILES string of the molecule is CCCCCC/C=C\C=C/CCCCCCCC(=O)OC[C@H](COP(=O)(O)OC[C@@H](O)COP(=O)(O)OC[C@@H](COC(=O)CCCCCCCCC(C)CC)OC(=O)CCCCCCCCCCCCCCCC)OC(=O)CCCCCCCCCCCCCCCC(C)C. The molecule has 0 bridgehead atoms. The van der Waals surface area contributed by atoms with E-state index in [1.54, 1.807) is 0 Å². The minimum Gasteiger partial charge on any atom is -0.462 e. The third-order valence-electron chi connectivity index (χ3n) is 17.4. The van der Waals surface area contributed by atoms with E-state index >= 15 is 0 Å². The van der Waals surface area contributed by atoms with Gasteiger partial charge in [0.05, 0.1) is 26.4 Å². The van der Waals surface area contributed by atoms with Crippen molar-refractivity contribution in [3.05, 3.63) is 24.3 Å². The zero-order valence-corrected chi connectivity index (χ0v) is 63.2. The zero-order valence-electron chi connectivity index (χ0n) is 61.5. The first-order valence-electron chi connectivity index (χ1n) is 38.8. The highest BCUT2D eigenvalue weighted by atomic mass is 31.2. The third-order valence-corrected chi connectivity index (χ3v) is 19.3. The number of aliphatic hydroxyl groups excluding tert-OH is 1. The molecule has 0 rings (SSSR count).